The molecule has 188 valence electrons. The van der Waals surface area contributed by atoms with Gasteiger partial charge >= 0.3 is 5.97 Å². The molecular formula is C26H26FN3O6. The van der Waals surface area contributed by atoms with Gasteiger partial charge in [0.25, 0.3) is 5.56 Å². The topological polar surface area (TPSA) is 131 Å². The molecule has 0 saturated heterocycles. The molecule has 0 aliphatic carbocycles. The molecule has 1 aromatic carbocycles. The average molecular weight is 496 g/mol. The Morgan fingerprint density at radius 1 is 1.25 bits per heavy atom. The highest BCUT2D eigenvalue weighted by Gasteiger charge is 2.45. The summed E-state index contributed by atoms with van der Waals surface area (Å²) in [5.74, 6) is -1.87. The molecular weight excluding hydrogens is 469 g/mol. The summed E-state index contributed by atoms with van der Waals surface area (Å²) < 4.78 is 21.6. The average Bonchev–Trinajstić information content (AvgIpc) is 3.24. The van der Waals surface area contributed by atoms with Crippen molar-refractivity contribution in [3.8, 4) is 11.4 Å². The van der Waals surface area contributed by atoms with E-state index in [1.807, 2.05) is 6.92 Å². The lowest BCUT2D eigenvalue weighted by molar-refractivity contribution is -0.172. The highest BCUT2D eigenvalue weighted by Crippen LogP contribution is 2.41. The van der Waals surface area contributed by atoms with Gasteiger partial charge in [-0.1, -0.05) is 13.8 Å². The number of fused-ring (bicyclic) bond motifs is 5. The molecule has 0 fully saturated rings. The molecule has 1 atom stereocenters. The second kappa shape index (κ2) is 8.49. The Balaban J connectivity index is 1.78. The monoisotopic (exact) mass is 495 g/mol. The molecule has 2 aliphatic heterocycles. The fourth-order valence-corrected chi connectivity index (χ4v) is 5.34. The number of pyridine rings is 2. The first-order chi connectivity index (χ1) is 17.2. The van der Waals surface area contributed by atoms with Crippen molar-refractivity contribution in [1.29, 1.82) is 0 Å². The molecule has 2 aromatic heterocycles. The van der Waals surface area contributed by atoms with Crippen LogP contribution in [0.1, 0.15) is 53.6 Å². The zero-order chi connectivity index (χ0) is 25.9. The number of carbonyl (C=O) groups excluding carboxylic acids is 2. The fourth-order valence-electron chi connectivity index (χ4n) is 5.34. The Hall–Kier alpha value is -3.63. The van der Waals surface area contributed by atoms with E-state index in [9.17, 15) is 23.9 Å². The largest absolute Gasteiger partial charge is 0.458 e. The maximum Gasteiger partial charge on any atom is 0.343 e. The molecule has 0 spiro atoms. The summed E-state index contributed by atoms with van der Waals surface area (Å²) in [5, 5.41) is 23.4. The smallest absolute Gasteiger partial charge is 0.343 e. The Morgan fingerprint density at radius 2 is 2.00 bits per heavy atom. The van der Waals surface area contributed by atoms with E-state index in [-0.39, 0.29) is 42.8 Å². The highest BCUT2D eigenvalue weighted by molar-refractivity contribution is 5.92. The number of aromatic nitrogens is 2. The number of aryl methyl sites for hydroxylation is 1. The minimum atomic E-state index is -1.93. The lowest BCUT2D eigenvalue weighted by Gasteiger charge is -2.31. The Bertz CT molecular complexity index is 1530. The van der Waals surface area contributed by atoms with Crippen LogP contribution in [0.3, 0.4) is 0 Å². The first-order valence-corrected chi connectivity index (χ1v) is 11.8. The van der Waals surface area contributed by atoms with Crippen molar-refractivity contribution >= 4 is 22.8 Å². The van der Waals surface area contributed by atoms with Gasteiger partial charge in [0.1, 0.15) is 19.0 Å². The van der Waals surface area contributed by atoms with Gasteiger partial charge in [0.05, 0.1) is 29.0 Å². The number of aliphatic hydroxyl groups excluding tert-OH is 1. The Morgan fingerprint density at radius 3 is 2.67 bits per heavy atom. The predicted molar refractivity (Wildman–Crippen MR) is 128 cm³/mol. The molecule has 0 unspecified atom stereocenters. The molecule has 36 heavy (non-hydrogen) atoms. The van der Waals surface area contributed by atoms with Crippen molar-refractivity contribution in [1.82, 2.24) is 14.9 Å². The number of nitrogens with zero attached hydrogens (tertiary/aromatic N) is 2. The number of amides is 1. The second-order valence-electron chi connectivity index (χ2n) is 9.17. The normalized spacial score (nSPS) is 18.0. The lowest BCUT2D eigenvalue weighted by Crippen LogP contribution is -2.44. The third kappa shape index (κ3) is 3.28. The van der Waals surface area contributed by atoms with Gasteiger partial charge in [-0.15, -0.1) is 0 Å². The van der Waals surface area contributed by atoms with Crippen LogP contribution in [0.25, 0.3) is 22.3 Å². The molecule has 10 heteroatoms. The number of aliphatic hydroxyl groups is 2. The maximum absolute atomic E-state index is 14.9. The standard InChI is InChI=1S/C26H26FN3O6/c1-4-13-15-9-30-20(6-17-16(24(30)33)11-36-25(34)26(17,35)5-2)23(15)29-19-7-18(27)12(3)14(22(13)19)8-28-21(32)10-31/h6-7,31,35H,4-5,8-11H2,1-3H3,(H,28,32)/t26-/m0/s1. The number of esters is 1. The van der Waals surface area contributed by atoms with Gasteiger partial charge in [-0.3, -0.25) is 9.59 Å². The van der Waals surface area contributed by atoms with E-state index in [1.54, 1.807) is 24.5 Å². The molecule has 1 amide bonds. The Kier molecular flexibility index (Phi) is 5.68. The second-order valence-corrected chi connectivity index (χ2v) is 9.17. The molecule has 3 N–H and O–H groups in total. The fraction of sp³-hybridized carbons (Fsp3) is 0.385. The van der Waals surface area contributed by atoms with Crippen molar-refractivity contribution in [2.75, 3.05) is 6.61 Å². The van der Waals surface area contributed by atoms with E-state index in [2.05, 4.69) is 5.32 Å². The van der Waals surface area contributed by atoms with Gasteiger partial charge < -0.3 is 24.8 Å². The number of nitrogens with one attached hydrogen (secondary N) is 1. The van der Waals surface area contributed by atoms with Crippen LogP contribution < -0.4 is 10.9 Å². The third-order valence-corrected chi connectivity index (χ3v) is 7.38. The number of rotatable bonds is 5. The maximum atomic E-state index is 14.9. The summed E-state index contributed by atoms with van der Waals surface area (Å²) in [6.07, 6.45) is 0.587. The van der Waals surface area contributed by atoms with Crippen LogP contribution in [0, 0.1) is 12.7 Å². The minimum Gasteiger partial charge on any atom is -0.458 e. The number of ether oxygens (including phenoxy) is 1. The molecule has 9 nitrogen and oxygen atoms in total. The first-order valence-electron chi connectivity index (χ1n) is 11.8. The van der Waals surface area contributed by atoms with Crippen molar-refractivity contribution in [3.05, 3.63) is 61.7 Å². The summed E-state index contributed by atoms with van der Waals surface area (Å²) in [5.41, 5.74) is 2.02. The number of carbonyl (C=O) groups is 2. The van der Waals surface area contributed by atoms with Crippen molar-refractivity contribution < 1.29 is 28.9 Å². The molecule has 0 saturated carbocycles. The van der Waals surface area contributed by atoms with Gasteiger partial charge in [-0.25, -0.2) is 14.2 Å². The summed E-state index contributed by atoms with van der Waals surface area (Å²) in [6.45, 7) is 4.54. The van der Waals surface area contributed by atoms with E-state index < -0.39 is 29.9 Å². The minimum absolute atomic E-state index is 0.0110. The van der Waals surface area contributed by atoms with E-state index >= 15 is 0 Å². The van der Waals surface area contributed by atoms with Gasteiger partial charge in [-0.2, -0.15) is 0 Å². The molecule has 4 heterocycles. The van der Waals surface area contributed by atoms with E-state index in [4.69, 9.17) is 14.8 Å². The van der Waals surface area contributed by atoms with Gasteiger partial charge in [-0.05, 0) is 42.5 Å². The van der Waals surface area contributed by atoms with Crippen LogP contribution in [0.15, 0.2) is 16.9 Å². The highest BCUT2D eigenvalue weighted by atomic mass is 19.1. The van der Waals surface area contributed by atoms with Crippen LogP contribution in [-0.2, 0) is 46.0 Å². The van der Waals surface area contributed by atoms with Crippen LogP contribution in [0.5, 0.6) is 0 Å². The molecule has 0 bridgehead atoms. The number of cyclic esters (lactones) is 1. The van der Waals surface area contributed by atoms with Gasteiger partial charge in [0.2, 0.25) is 5.91 Å². The van der Waals surface area contributed by atoms with Crippen LogP contribution in [0.2, 0.25) is 0 Å². The van der Waals surface area contributed by atoms with Gasteiger partial charge in [0, 0.05) is 29.1 Å². The van der Waals surface area contributed by atoms with E-state index in [1.165, 1.54) is 6.07 Å². The third-order valence-electron chi connectivity index (χ3n) is 7.38. The number of benzene rings is 1. The van der Waals surface area contributed by atoms with Crippen LogP contribution >= 0.6 is 0 Å². The quantitative estimate of drug-likeness (QED) is 0.359. The Labute approximate surface area is 205 Å². The molecule has 2 aliphatic rings. The molecule has 5 rings (SSSR count). The summed E-state index contributed by atoms with van der Waals surface area (Å²) in [6, 6.07) is 2.96. The van der Waals surface area contributed by atoms with Crippen molar-refractivity contribution in [2.45, 2.75) is 58.9 Å². The first kappa shape index (κ1) is 24.1. The van der Waals surface area contributed by atoms with Crippen molar-refractivity contribution in [3.63, 3.8) is 0 Å². The van der Waals surface area contributed by atoms with Crippen LogP contribution in [0.4, 0.5) is 4.39 Å². The SMILES string of the molecule is CCc1c2c(nc3cc(F)c(C)c(CNC(=O)CO)c13)-c1cc3c(c(=O)n1C2)COC(=O)[C@]3(O)CC. The van der Waals surface area contributed by atoms with E-state index in [0.29, 0.717) is 39.8 Å². The van der Waals surface area contributed by atoms with E-state index in [0.717, 1.165) is 11.1 Å². The number of hydrogen-bond acceptors (Lipinski definition) is 7. The lowest BCUT2D eigenvalue weighted by atomic mass is 9.86. The zero-order valence-corrected chi connectivity index (χ0v) is 20.2. The summed E-state index contributed by atoms with van der Waals surface area (Å²) in [7, 11) is 0. The predicted octanol–water partition coefficient (Wildman–Crippen LogP) is 1.70. The van der Waals surface area contributed by atoms with Crippen molar-refractivity contribution in [2.24, 2.45) is 0 Å². The number of halogens is 1. The molecule has 3 aromatic rings. The van der Waals surface area contributed by atoms with Gasteiger partial charge in [0.15, 0.2) is 5.60 Å². The zero-order valence-electron chi connectivity index (χ0n) is 20.2. The van der Waals surface area contributed by atoms with Crippen LogP contribution in [-0.4, -0.2) is 38.2 Å². The summed E-state index contributed by atoms with van der Waals surface area (Å²) >= 11 is 0. The number of hydrogen-bond donors (Lipinski definition) is 3. The summed E-state index contributed by atoms with van der Waals surface area (Å²) in [4.78, 5) is 42.3. The molecule has 0 radical (unpaired) electrons.